The minimum atomic E-state index is -0.194. The number of aliphatic hydroxyl groups is 1. The number of carbonyl (C=O) groups excluding carboxylic acids is 1. The van der Waals surface area contributed by atoms with Gasteiger partial charge in [-0.15, -0.1) is 0 Å². The summed E-state index contributed by atoms with van der Waals surface area (Å²) in [5.74, 6) is 0.351. The third-order valence-electron chi connectivity index (χ3n) is 3.47. The predicted molar refractivity (Wildman–Crippen MR) is 95.4 cm³/mol. The first-order valence-electron chi connectivity index (χ1n) is 7.63. The van der Waals surface area contributed by atoms with Gasteiger partial charge in [-0.2, -0.15) is 0 Å². The van der Waals surface area contributed by atoms with E-state index in [2.05, 4.69) is 5.32 Å². The summed E-state index contributed by atoms with van der Waals surface area (Å²) >= 11 is 5.97. The molecule has 0 saturated carbocycles. The van der Waals surface area contributed by atoms with Crippen LogP contribution in [-0.4, -0.2) is 42.7 Å². The molecule has 24 heavy (non-hydrogen) atoms. The van der Waals surface area contributed by atoms with Gasteiger partial charge in [0.2, 0.25) is 5.91 Å². The van der Waals surface area contributed by atoms with E-state index in [1.165, 1.54) is 7.11 Å². The summed E-state index contributed by atoms with van der Waals surface area (Å²) in [6, 6.07) is 14.9. The highest BCUT2D eigenvalue weighted by molar-refractivity contribution is 6.31. The first kappa shape index (κ1) is 18.3. The minimum Gasteiger partial charge on any atom is -0.495 e. The smallest absolute Gasteiger partial charge is 0.238 e. The van der Waals surface area contributed by atoms with Crippen molar-refractivity contribution in [3.05, 3.63) is 59.1 Å². The number of methoxy groups -OCH3 is 1. The van der Waals surface area contributed by atoms with Crippen LogP contribution in [0.25, 0.3) is 0 Å². The Morgan fingerprint density at radius 3 is 2.67 bits per heavy atom. The van der Waals surface area contributed by atoms with Crippen molar-refractivity contribution in [1.82, 2.24) is 4.90 Å². The quantitative estimate of drug-likeness (QED) is 0.770. The largest absolute Gasteiger partial charge is 0.495 e. The van der Waals surface area contributed by atoms with Crippen molar-refractivity contribution in [2.75, 3.05) is 32.1 Å². The molecule has 2 rings (SSSR count). The molecule has 0 bridgehead atoms. The fourth-order valence-corrected chi connectivity index (χ4v) is 2.54. The first-order valence-corrected chi connectivity index (χ1v) is 8.00. The highest BCUT2D eigenvalue weighted by Gasteiger charge is 2.13. The molecule has 0 spiro atoms. The lowest BCUT2D eigenvalue weighted by Gasteiger charge is -2.21. The fourth-order valence-electron chi connectivity index (χ4n) is 2.37. The summed E-state index contributed by atoms with van der Waals surface area (Å²) < 4.78 is 5.22. The molecule has 0 radical (unpaired) electrons. The van der Waals surface area contributed by atoms with Crippen molar-refractivity contribution in [2.24, 2.45) is 0 Å². The van der Waals surface area contributed by atoms with Crippen LogP contribution >= 0.6 is 11.6 Å². The summed E-state index contributed by atoms with van der Waals surface area (Å²) in [6.45, 7) is 1.14. The lowest BCUT2D eigenvalue weighted by atomic mass is 10.2. The van der Waals surface area contributed by atoms with E-state index < -0.39 is 0 Å². The summed E-state index contributed by atoms with van der Waals surface area (Å²) in [5.41, 5.74) is 1.61. The van der Waals surface area contributed by atoms with Gasteiger partial charge in [0.05, 0.1) is 25.9 Å². The number of halogens is 1. The van der Waals surface area contributed by atoms with Crippen LogP contribution in [0.2, 0.25) is 5.02 Å². The topological polar surface area (TPSA) is 61.8 Å². The molecule has 2 aromatic carbocycles. The Hall–Kier alpha value is -2.08. The Labute approximate surface area is 146 Å². The van der Waals surface area contributed by atoms with Gasteiger partial charge >= 0.3 is 0 Å². The lowest BCUT2D eigenvalue weighted by molar-refractivity contribution is -0.117. The van der Waals surface area contributed by atoms with Crippen molar-refractivity contribution in [1.29, 1.82) is 0 Å². The molecule has 2 aromatic rings. The van der Waals surface area contributed by atoms with Crippen LogP contribution in [0.15, 0.2) is 48.5 Å². The fraction of sp³-hybridized carbons (Fsp3) is 0.278. The second-order valence-electron chi connectivity index (χ2n) is 5.31. The molecule has 2 N–H and O–H groups in total. The monoisotopic (exact) mass is 348 g/mol. The standard InChI is InChI=1S/C18H21ClN2O3/c1-24-17-8-7-15(19)11-16(17)20-18(23)13-21(9-10-22)12-14-5-3-2-4-6-14/h2-8,11,22H,9-10,12-13H2,1H3,(H,20,23). The highest BCUT2D eigenvalue weighted by Crippen LogP contribution is 2.27. The number of hydrogen-bond donors (Lipinski definition) is 2. The molecular formula is C18H21ClN2O3. The number of benzene rings is 2. The maximum absolute atomic E-state index is 12.3. The van der Waals surface area contributed by atoms with Crippen LogP contribution in [-0.2, 0) is 11.3 Å². The number of hydrogen-bond acceptors (Lipinski definition) is 4. The molecule has 1 amide bonds. The Morgan fingerprint density at radius 2 is 2.00 bits per heavy atom. The lowest BCUT2D eigenvalue weighted by Crippen LogP contribution is -2.34. The third kappa shape index (κ3) is 5.53. The molecule has 0 unspecified atom stereocenters. The predicted octanol–water partition coefficient (Wildman–Crippen LogP) is 2.78. The highest BCUT2D eigenvalue weighted by atomic mass is 35.5. The Morgan fingerprint density at radius 1 is 1.25 bits per heavy atom. The second kappa shape index (κ2) is 9.27. The molecule has 6 heteroatoms. The SMILES string of the molecule is COc1ccc(Cl)cc1NC(=O)CN(CCO)Cc1ccccc1. The van der Waals surface area contributed by atoms with Gasteiger partial charge < -0.3 is 15.2 Å². The van der Waals surface area contributed by atoms with Gasteiger partial charge in [-0.3, -0.25) is 9.69 Å². The molecule has 0 heterocycles. The summed E-state index contributed by atoms with van der Waals surface area (Å²) in [5, 5.41) is 12.5. The van der Waals surface area contributed by atoms with Crippen molar-refractivity contribution in [3.8, 4) is 5.75 Å². The summed E-state index contributed by atoms with van der Waals surface area (Å²) in [7, 11) is 1.53. The maximum Gasteiger partial charge on any atom is 0.238 e. The molecule has 0 saturated heterocycles. The molecule has 0 aromatic heterocycles. The van der Waals surface area contributed by atoms with Gasteiger partial charge in [0, 0.05) is 18.1 Å². The molecule has 0 aliphatic rings. The van der Waals surface area contributed by atoms with Crippen LogP contribution in [0.3, 0.4) is 0 Å². The molecule has 5 nitrogen and oxygen atoms in total. The number of aliphatic hydroxyl groups excluding tert-OH is 1. The molecule has 128 valence electrons. The van der Waals surface area contributed by atoms with Crippen molar-refractivity contribution >= 4 is 23.2 Å². The van der Waals surface area contributed by atoms with Crippen molar-refractivity contribution < 1.29 is 14.6 Å². The van der Waals surface area contributed by atoms with Gasteiger partial charge in [0.1, 0.15) is 5.75 Å². The van der Waals surface area contributed by atoms with Crippen LogP contribution in [0.5, 0.6) is 5.75 Å². The van der Waals surface area contributed by atoms with Gasteiger partial charge in [-0.05, 0) is 23.8 Å². The van der Waals surface area contributed by atoms with E-state index in [1.807, 2.05) is 35.2 Å². The molecule has 0 fully saturated rings. The molecule has 0 atom stereocenters. The van der Waals surface area contributed by atoms with E-state index in [0.29, 0.717) is 29.5 Å². The van der Waals surface area contributed by atoms with Gasteiger partial charge in [0.15, 0.2) is 0 Å². The number of rotatable bonds is 8. The Bertz CT molecular complexity index is 665. The third-order valence-corrected chi connectivity index (χ3v) is 3.70. The van der Waals surface area contributed by atoms with E-state index in [9.17, 15) is 9.90 Å². The zero-order chi connectivity index (χ0) is 17.4. The van der Waals surface area contributed by atoms with Gasteiger partial charge in [-0.1, -0.05) is 41.9 Å². The van der Waals surface area contributed by atoms with E-state index in [-0.39, 0.29) is 19.1 Å². The number of amides is 1. The average Bonchev–Trinajstić information content (AvgIpc) is 2.56. The van der Waals surface area contributed by atoms with Crippen molar-refractivity contribution in [2.45, 2.75) is 6.54 Å². The summed E-state index contributed by atoms with van der Waals surface area (Å²) in [6.07, 6.45) is 0. The zero-order valence-corrected chi connectivity index (χ0v) is 14.3. The number of ether oxygens (including phenoxy) is 1. The minimum absolute atomic E-state index is 0.0133. The van der Waals surface area contributed by atoms with Crippen molar-refractivity contribution in [3.63, 3.8) is 0 Å². The van der Waals surface area contributed by atoms with E-state index in [4.69, 9.17) is 16.3 Å². The number of nitrogens with one attached hydrogen (secondary N) is 1. The van der Waals surface area contributed by atoms with Gasteiger partial charge in [-0.25, -0.2) is 0 Å². The molecular weight excluding hydrogens is 328 g/mol. The Kier molecular flexibility index (Phi) is 7.06. The first-order chi connectivity index (χ1) is 11.6. The normalized spacial score (nSPS) is 10.7. The molecule has 0 aliphatic heterocycles. The van der Waals surface area contributed by atoms with Crippen LogP contribution in [0.1, 0.15) is 5.56 Å². The number of anilines is 1. The molecule has 0 aliphatic carbocycles. The zero-order valence-electron chi connectivity index (χ0n) is 13.5. The number of nitrogens with zero attached hydrogens (tertiary/aromatic N) is 1. The number of carbonyl (C=O) groups is 1. The maximum atomic E-state index is 12.3. The van der Waals surface area contributed by atoms with Crippen LogP contribution in [0.4, 0.5) is 5.69 Å². The average molecular weight is 349 g/mol. The summed E-state index contributed by atoms with van der Waals surface area (Å²) in [4.78, 5) is 14.2. The van der Waals surface area contributed by atoms with E-state index >= 15 is 0 Å². The van der Waals surface area contributed by atoms with E-state index in [1.54, 1.807) is 18.2 Å². The van der Waals surface area contributed by atoms with Crippen LogP contribution < -0.4 is 10.1 Å². The van der Waals surface area contributed by atoms with E-state index in [0.717, 1.165) is 5.56 Å². The van der Waals surface area contributed by atoms with Gasteiger partial charge in [0.25, 0.3) is 0 Å². The Balaban J connectivity index is 2.01. The second-order valence-corrected chi connectivity index (χ2v) is 5.75. The van der Waals surface area contributed by atoms with Crippen LogP contribution in [0, 0.1) is 0 Å².